The number of nitrogens with zero attached hydrogens (tertiary/aromatic N) is 3. The van der Waals surface area contributed by atoms with Crippen LogP contribution in [0.4, 0.5) is 47.0 Å². The van der Waals surface area contributed by atoms with Crippen molar-refractivity contribution >= 4 is 17.5 Å². The third kappa shape index (κ3) is 5.64. The minimum atomic E-state index is -4.73. The molecule has 0 radical (unpaired) electrons. The van der Waals surface area contributed by atoms with Crippen molar-refractivity contribution in [2.24, 2.45) is 0 Å². The van der Waals surface area contributed by atoms with Gasteiger partial charge in [0, 0.05) is 5.57 Å². The van der Waals surface area contributed by atoms with Crippen LogP contribution in [0.5, 0.6) is 0 Å². The van der Waals surface area contributed by atoms with Crippen molar-refractivity contribution in [3.05, 3.63) is 11.7 Å². The Kier molecular flexibility index (Phi) is 6.55. The number of aromatic nitrogens is 3. The maximum absolute atomic E-state index is 14.2. The smallest absolute Gasteiger partial charge is 0.383 e. The molecule has 0 amide bonds. The first-order valence-corrected chi connectivity index (χ1v) is 8.33. The molecule has 4 atom stereocenters. The fourth-order valence-corrected chi connectivity index (χ4v) is 2.31. The first-order valence-electron chi connectivity index (χ1n) is 8.33. The lowest BCUT2D eigenvalue weighted by Gasteiger charge is -2.24. The van der Waals surface area contributed by atoms with Crippen LogP contribution in [0, 0.1) is 0 Å². The minimum absolute atomic E-state index is 0.323. The zero-order chi connectivity index (χ0) is 22.1. The van der Waals surface area contributed by atoms with Crippen molar-refractivity contribution in [3.8, 4) is 0 Å². The zero-order valence-corrected chi connectivity index (χ0v) is 15.0. The normalized spacial score (nSPS) is 23.0. The Morgan fingerprint density at radius 3 is 1.79 bits per heavy atom. The van der Waals surface area contributed by atoms with E-state index in [1.54, 1.807) is 0 Å². The first-order chi connectivity index (χ1) is 13.2. The van der Waals surface area contributed by atoms with E-state index in [0.717, 1.165) is 0 Å². The van der Waals surface area contributed by atoms with Gasteiger partial charge in [0.2, 0.25) is 11.9 Å². The van der Waals surface area contributed by atoms with E-state index in [2.05, 4.69) is 15.0 Å². The summed E-state index contributed by atoms with van der Waals surface area (Å²) >= 11 is 0. The summed E-state index contributed by atoms with van der Waals surface area (Å²) in [6.45, 7) is 1.43. The molecule has 14 heteroatoms. The van der Waals surface area contributed by atoms with Gasteiger partial charge >= 0.3 is 12.4 Å². The van der Waals surface area contributed by atoms with Gasteiger partial charge in [0.25, 0.3) is 0 Å². The van der Waals surface area contributed by atoms with Gasteiger partial charge in [-0.15, -0.1) is 0 Å². The second-order valence-electron chi connectivity index (χ2n) is 6.45. The number of hydrogen-bond acceptors (Lipinski definition) is 6. The van der Waals surface area contributed by atoms with Gasteiger partial charge in [-0.25, -0.2) is 8.78 Å². The lowest BCUT2D eigenvalue weighted by atomic mass is 9.94. The van der Waals surface area contributed by atoms with Gasteiger partial charge in [-0.1, -0.05) is 0 Å². The van der Waals surface area contributed by atoms with Crippen molar-refractivity contribution in [2.45, 2.75) is 63.4 Å². The van der Waals surface area contributed by atoms with Gasteiger partial charge in [-0.3, -0.25) is 0 Å². The van der Waals surface area contributed by atoms with Gasteiger partial charge in [0.15, 0.2) is 5.82 Å². The SMILES string of the molecule is CC(Nc1nc(NC(C)C(F)(F)F)nc(C2=C(F)C(O)C(F)CC2)n1)C(F)(F)F. The third-order valence-electron chi connectivity index (χ3n) is 4.14. The topological polar surface area (TPSA) is 83.0 Å². The summed E-state index contributed by atoms with van der Waals surface area (Å²) in [7, 11) is 0. The molecule has 6 nitrogen and oxygen atoms in total. The Balaban J connectivity index is 2.47. The van der Waals surface area contributed by atoms with E-state index in [4.69, 9.17) is 0 Å². The molecule has 1 aromatic rings. The molecule has 164 valence electrons. The molecule has 4 unspecified atom stereocenters. The summed E-state index contributed by atoms with van der Waals surface area (Å²) in [5.74, 6) is -3.50. The average Bonchev–Trinajstić information content (AvgIpc) is 2.58. The van der Waals surface area contributed by atoms with Crippen LogP contribution in [0.25, 0.3) is 5.57 Å². The molecule has 29 heavy (non-hydrogen) atoms. The number of hydrogen-bond donors (Lipinski definition) is 3. The Labute approximate surface area is 159 Å². The number of allylic oxidation sites excluding steroid dienone is 1. The van der Waals surface area contributed by atoms with Crippen LogP contribution in [0.3, 0.4) is 0 Å². The number of aliphatic hydroxyl groups is 1. The molecule has 2 rings (SSSR count). The van der Waals surface area contributed by atoms with E-state index in [1.165, 1.54) is 0 Å². The molecule has 0 saturated heterocycles. The van der Waals surface area contributed by atoms with Crippen molar-refractivity contribution in [2.75, 3.05) is 10.6 Å². The molecule has 1 aromatic heterocycles. The molecule has 0 fully saturated rings. The van der Waals surface area contributed by atoms with E-state index >= 15 is 0 Å². The van der Waals surface area contributed by atoms with E-state index in [-0.39, 0.29) is 12.8 Å². The van der Waals surface area contributed by atoms with Crippen LogP contribution in [0.15, 0.2) is 5.83 Å². The van der Waals surface area contributed by atoms with Gasteiger partial charge in [-0.05, 0) is 26.7 Å². The number of alkyl halides is 7. The lowest BCUT2D eigenvalue weighted by Crippen LogP contribution is -2.35. The highest BCUT2D eigenvalue weighted by atomic mass is 19.4. The Morgan fingerprint density at radius 2 is 1.38 bits per heavy atom. The van der Waals surface area contributed by atoms with Gasteiger partial charge in [0.1, 0.15) is 30.2 Å². The van der Waals surface area contributed by atoms with Gasteiger partial charge < -0.3 is 15.7 Å². The molecule has 0 spiro atoms. The van der Waals surface area contributed by atoms with Gasteiger partial charge in [0.05, 0.1) is 0 Å². The Bertz CT molecular complexity index is 726. The second-order valence-corrected chi connectivity index (χ2v) is 6.45. The summed E-state index contributed by atoms with van der Waals surface area (Å²) in [6.07, 6.45) is -14.2. The highest BCUT2D eigenvalue weighted by molar-refractivity contribution is 5.65. The molecule has 0 saturated carbocycles. The maximum atomic E-state index is 14.2. The maximum Gasteiger partial charge on any atom is 0.408 e. The number of nitrogens with one attached hydrogen (secondary N) is 2. The van der Waals surface area contributed by atoms with Crippen LogP contribution in [0.1, 0.15) is 32.5 Å². The molecule has 0 aliphatic heterocycles. The van der Waals surface area contributed by atoms with Crippen molar-refractivity contribution in [1.82, 2.24) is 15.0 Å². The molecule has 1 heterocycles. The number of halogens is 8. The largest absolute Gasteiger partial charge is 0.408 e. The highest BCUT2D eigenvalue weighted by Gasteiger charge is 2.39. The highest BCUT2D eigenvalue weighted by Crippen LogP contribution is 2.34. The Morgan fingerprint density at radius 1 is 0.931 bits per heavy atom. The predicted molar refractivity (Wildman–Crippen MR) is 86.3 cm³/mol. The molecule has 1 aliphatic carbocycles. The van der Waals surface area contributed by atoms with Crippen LogP contribution in [-0.4, -0.2) is 56.8 Å². The van der Waals surface area contributed by atoms with Crippen molar-refractivity contribution < 1.29 is 40.2 Å². The van der Waals surface area contributed by atoms with E-state index in [0.29, 0.717) is 13.8 Å². The first kappa shape index (κ1) is 23.0. The number of rotatable bonds is 5. The number of aliphatic hydroxyl groups excluding tert-OH is 1. The lowest BCUT2D eigenvalue weighted by molar-refractivity contribution is -0.139. The van der Waals surface area contributed by atoms with Crippen molar-refractivity contribution in [3.63, 3.8) is 0 Å². The van der Waals surface area contributed by atoms with Crippen LogP contribution < -0.4 is 10.6 Å². The summed E-state index contributed by atoms with van der Waals surface area (Å²) in [5.41, 5.74) is -0.431. The summed E-state index contributed by atoms with van der Waals surface area (Å²) < 4.78 is 104. The average molecular weight is 435 g/mol. The van der Waals surface area contributed by atoms with Crippen LogP contribution in [-0.2, 0) is 0 Å². The standard InChI is InChI=1S/C15H17F8N5O/c1-5(14(18,19)20)24-12-26-11(7-3-4-8(16)10(29)9(7)17)27-13(28-12)25-6(2)15(21,22)23/h5-6,8,10,29H,3-4H2,1-2H3,(H2,24,25,26,27,28). The molecular formula is C15H17F8N5O. The van der Waals surface area contributed by atoms with Gasteiger partial charge in [-0.2, -0.15) is 41.3 Å². The van der Waals surface area contributed by atoms with E-state index in [1.807, 2.05) is 10.6 Å². The third-order valence-corrected chi connectivity index (χ3v) is 4.14. The summed E-state index contributed by atoms with van der Waals surface area (Å²) in [5, 5.41) is 13.2. The minimum Gasteiger partial charge on any atom is -0.383 e. The molecule has 1 aliphatic rings. The Hall–Kier alpha value is -2.25. The van der Waals surface area contributed by atoms with Crippen molar-refractivity contribution in [1.29, 1.82) is 0 Å². The monoisotopic (exact) mass is 435 g/mol. The predicted octanol–water partition coefficient (Wildman–Crippen LogP) is 3.77. The molecule has 0 aromatic carbocycles. The quantitative estimate of drug-likeness (QED) is 0.611. The summed E-state index contributed by atoms with van der Waals surface area (Å²) in [6, 6.07) is -4.37. The summed E-state index contributed by atoms with van der Waals surface area (Å²) in [4.78, 5) is 10.7. The van der Waals surface area contributed by atoms with Crippen LogP contribution in [0.2, 0.25) is 0 Å². The van der Waals surface area contributed by atoms with E-state index < -0.39 is 65.8 Å². The molecule has 0 bridgehead atoms. The fraction of sp³-hybridized carbons (Fsp3) is 0.667. The number of anilines is 2. The second kappa shape index (κ2) is 8.24. The van der Waals surface area contributed by atoms with E-state index in [9.17, 15) is 40.2 Å². The fourth-order valence-electron chi connectivity index (χ4n) is 2.31. The molecular weight excluding hydrogens is 418 g/mol. The zero-order valence-electron chi connectivity index (χ0n) is 15.0. The molecule has 3 N–H and O–H groups in total. The van der Waals surface area contributed by atoms with Crippen LogP contribution >= 0.6 is 0 Å².